The number of carbonyl (C=O) groups is 1. The lowest BCUT2D eigenvalue weighted by Crippen LogP contribution is -2.18. The van der Waals surface area contributed by atoms with Crippen LogP contribution in [0.25, 0.3) is 0 Å². The number of hydrogen-bond donors (Lipinski definition) is 0. The zero-order valence-electron chi connectivity index (χ0n) is 10.4. The molecule has 0 aromatic heterocycles. The van der Waals surface area contributed by atoms with Gasteiger partial charge in [0.2, 0.25) is 0 Å². The molecule has 2 rings (SSSR count). The first kappa shape index (κ1) is 17.0. The summed E-state index contributed by atoms with van der Waals surface area (Å²) in [5.74, 6) is 0.541. The van der Waals surface area contributed by atoms with Gasteiger partial charge in [0, 0.05) is 8.95 Å². The van der Waals surface area contributed by atoms with Crippen LogP contribution in [0.3, 0.4) is 0 Å². The molecule has 0 saturated heterocycles. The van der Waals surface area contributed by atoms with Gasteiger partial charge in [-0.1, -0.05) is 31.9 Å². The molecule has 0 fully saturated rings. The van der Waals surface area contributed by atoms with E-state index in [2.05, 4.69) is 63.7 Å². The summed E-state index contributed by atoms with van der Waals surface area (Å²) in [4.78, 5) is 11.8. The monoisotopic (exact) mass is 540 g/mol. The van der Waals surface area contributed by atoms with Crippen LogP contribution in [0.2, 0.25) is 0 Å². The van der Waals surface area contributed by atoms with Crippen molar-refractivity contribution in [2.24, 2.45) is 0 Å². The quantitative estimate of drug-likeness (QED) is 0.365. The second-order valence-electron chi connectivity index (χ2n) is 3.91. The van der Waals surface area contributed by atoms with E-state index in [9.17, 15) is 4.79 Å². The topological polar surface area (TPSA) is 35.5 Å². The van der Waals surface area contributed by atoms with Gasteiger partial charge in [0.25, 0.3) is 0 Å². The zero-order chi connectivity index (χ0) is 15.4. The summed E-state index contributed by atoms with van der Waals surface area (Å²) in [6, 6.07) is 10.7. The normalized spacial score (nSPS) is 10.3. The van der Waals surface area contributed by atoms with Crippen LogP contribution in [-0.4, -0.2) is 12.6 Å². The number of ether oxygens (including phenoxy) is 2. The Kier molecular flexibility index (Phi) is 6.28. The van der Waals surface area contributed by atoms with E-state index in [1.54, 1.807) is 24.3 Å². The largest absolute Gasteiger partial charge is 0.481 e. The van der Waals surface area contributed by atoms with E-state index < -0.39 is 5.97 Å². The van der Waals surface area contributed by atoms with Crippen molar-refractivity contribution in [1.82, 2.24) is 0 Å². The summed E-state index contributed by atoms with van der Waals surface area (Å²) in [5, 5.41) is 0. The molecule has 0 aliphatic rings. The molecule has 0 amide bonds. The Morgan fingerprint density at radius 2 is 1.38 bits per heavy atom. The number of esters is 1. The summed E-state index contributed by atoms with van der Waals surface area (Å²) < 4.78 is 13.9. The lowest BCUT2D eigenvalue weighted by Gasteiger charge is -2.09. The van der Waals surface area contributed by atoms with Gasteiger partial charge < -0.3 is 9.47 Å². The smallest absolute Gasteiger partial charge is 0.349 e. The van der Waals surface area contributed by atoms with E-state index in [0.717, 1.165) is 13.4 Å². The molecule has 0 unspecified atom stereocenters. The van der Waals surface area contributed by atoms with Gasteiger partial charge in [-0.25, -0.2) is 4.79 Å². The zero-order valence-corrected chi connectivity index (χ0v) is 16.8. The first-order valence-corrected chi connectivity index (χ1v) is 8.86. The highest BCUT2D eigenvalue weighted by Gasteiger charge is 2.10. The molecule has 0 radical (unpaired) electrons. The average molecular weight is 544 g/mol. The molecule has 7 heteroatoms. The maximum absolute atomic E-state index is 11.8. The number of benzene rings is 2. The minimum absolute atomic E-state index is 0.178. The van der Waals surface area contributed by atoms with E-state index >= 15 is 0 Å². The van der Waals surface area contributed by atoms with Gasteiger partial charge in [-0.05, 0) is 68.3 Å². The standard InChI is InChI=1S/C14H8Br4O3/c15-8-1-3-12(10(17)5-8)20-7-14(19)21-13-4-2-9(16)6-11(13)18/h1-6H,7H2. The van der Waals surface area contributed by atoms with Gasteiger partial charge in [0.15, 0.2) is 6.61 Å². The fourth-order valence-electron chi connectivity index (χ4n) is 1.44. The number of rotatable bonds is 4. The molecule has 0 saturated carbocycles. The minimum atomic E-state index is -0.479. The molecule has 2 aromatic rings. The van der Waals surface area contributed by atoms with Crippen molar-refractivity contribution in [1.29, 1.82) is 0 Å². The Hall–Kier alpha value is -0.370. The van der Waals surface area contributed by atoms with Crippen molar-refractivity contribution in [3.63, 3.8) is 0 Å². The highest BCUT2D eigenvalue weighted by Crippen LogP contribution is 2.29. The SMILES string of the molecule is O=C(COc1ccc(Br)cc1Br)Oc1ccc(Br)cc1Br. The maximum atomic E-state index is 11.8. The van der Waals surface area contributed by atoms with E-state index in [4.69, 9.17) is 9.47 Å². The van der Waals surface area contributed by atoms with Crippen LogP contribution in [0.15, 0.2) is 54.3 Å². The molecule has 2 aromatic carbocycles. The average Bonchev–Trinajstić information content (AvgIpc) is 2.41. The van der Waals surface area contributed by atoms with Crippen molar-refractivity contribution in [2.45, 2.75) is 0 Å². The van der Waals surface area contributed by atoms with Crippen LogP contribution in [0.5, 0.6) is 11.5 Å². The summed E-state index contributed by atoms with van der Waals surface area (Å²) in [5.41, 5.74) is 0. The Bertz CT molecular complexity index is 673. The van der Waals surface area contributed by atoms with Gasteiger partial charge in [0.05, 0.1) is 8.95 Å². The number of halogens is 4. The summed E-state index contributed by atoms with van der Waals surface area (Å²) in [6.45, 7) is -0.178. The maximum Gasteiger partial charge on any atom is 0.349 e. The van der Waals surface area contributed by atoms with Crippen LogP contribution in [-0.2, 0) is 4.79 Å². The molecular weight excluding hydrogens is 536 g/mol. The number of carbonyl (C=O) groups excluding carboxylic acids is 1. The Balaban J connectivity index is 1.96. The van der Waals surface area contributed by atoms with Gasteiger partial charge >= 0.3 is 5.97 Å². The molecule has 0 heterocycles. The first-order valence-electron chi connectivity index (χ1n) is 5.69. The van der Waals surface area contributed by atoms with Crippen molar-refractivity contribution >= 4 is 69.7 Å². The van der Waals surface area contributed by atoms with E-state index in [1.165, 1.54) is 0 Å². The van der Waals surface area contributed by atoms with Crippen molar-refractivity contribution in [3.05, 3.63) is 54.3 Å². The summed E-state index contributed by atoms with van der Waals surface area (Å²) in [7, 11) is 0. The fraction of sp³-hybridized carbons (Fsp3) is 0.0714. The molecule has 0 aliphatic carbocycles. The molecular formula is C14H8Br4O3. The molecule has 110 valence electrons. The minimum Gasteiger partial charge on any atom is -0.481 e. The fourth-order valence-corrected chi connectivity index (χ4v) is 3.73. The first-order chi connectivity index (χ1) is 9.95. The van der Waals surface area contributed by atoms with Crippen molar-refractivity contribution in [2.75, 3.05) is 6.61 Å². The summed E-state index contributed by atoms with van der Waals surface area (Å²) >= 11 is 13.4. The second-order valence-corrected chi connectivity index (χ2v) is 7.45. The molecule has 0 N–H and O–H groups in total. The van der Waals surface area contributed by atoms with Crippen LogP contribution in [0, 0.1) is 0 Å². The second kappa shape index (κ2) is 7.76. The third kappa shape index (κ3) is 5.09. The van der Waals surface area contributed by atoms with E-state index in [0.29, 0.717) is 16.0 Å². The molecule has 0 aliphatic heterocycles. The van der Waals surface area contributed by atoms with Gasteiger partial charge in [-0.3, -0.25) is 0 Å². The molecule has 0 atom stereocenters. The molecule has 21 heavy (non-hydrogen) atoms. The lowest BCUT2D eigenvalue weighted by molar-refractivity contribution is -0.136. The Morgan fingerprint density at radius 3 is 1.90 bits per heavy atom. The molecule has 0 bridgehead atoms. The van der Waals surface area contributed by atoms with Gasteiger partial charge in [0.1, 0.15) is 11.5 Å². The predicted molar refractivity (Wildman–Crippen MR) is 94.8 cm³/mol. The van der Waals surface area contributed by atoms with Gasteiger partial charge in [-0.2, -0.15) is 0 Å². The third-order valence-electron chi connectivity index (χ3n) is 2.36. The van der Waals surface area contributed by atoms with Crippen LogP contribution < -0.4 is 9.47 Å². The Labute approximate surface area is 155 Å². The third-order valence-corrected chi connectivity index (χ3v) is 4.58. The van der Waals surface area contributed by atoms with E-state index in [-0.39, 0.29) is 6.61 Å². The van der Waals surface area contributed by atoms with Gasteiger partial charge in [-0.15, -0.1) is 0 Å². The van der Waals surface area contributed by atoms with Crippen molar-refractivity contribution < 1.29 is 14.3 Å². The molecule has 0 spiro atoms. The Morgan fingerprint density at radius 1 is 0.857 bits per heavy atom. The number of hydrogen-bond acceptors (Lipinski definition) is 3. The summed E-state index contributed by atoms with van der Waals surface area (Å²) in [6.07, 6.45) is 0. The van der Waals surface area contributed by atoms with Crippen LogP contribution in [0.1, 0.15) is 0 Å². The lowest BCUT2D eigenvalue weighted by atomic mass is 10.3. The van der Waals surface area contributed by atoms with E-state index in [1.807, 2.05) is 12.1 Å². The predicted octanol–water partition coefficient (Wildman–Crippen LogP) is 5.72. The van der Waals surface area contributed by atoms with Crippen LogP contribution in [0.4, 0.5) is 0 Å². The highest BCUT2D eigenvalue weighted by molar-refractivity contribution is 9.11. The molecule has 3 nitrogen and oxygen atoms in total. The van der Waals surface area contributed by atoms with Crippen molar-refractivity contribution in [3.8, 4) is 11.5 Å². The highest BCUT2D eigenvalue weighted by atomic mass is 79.9. The van der Waals surface area contributed by atoms with Crippen LogP contribution >= 0.6 is 63.7 Å².